The van der Waals surface area contributed by atoms with E-state index in [1.54, 1.807) is 0 Å². The molecule has 13 nitrogen and oxygen atoms in total. The van der Waals surface area contributed by atoms with E-state index in [4.69, 9.17) is 33.4 Å². The van der Waals surface area contributed by atoms with E-state index in [0.29, 0.717) is 0 Å². The summed E-state index contributed by atoms with van der Waals surface area (Å²) in [5.41, 5.74) is 0. The van der Waals surface area contributed by atoms with Gasteiger partial charge in [-0.05, 0) is 20.3 Å². The van der Waals surface area contributed by atoms with Crippen molar-refractivity contribution < 1.29 is 182 Å². The van der Waals surface area contributed by atoms with E-state index in [-0.39, 0.29) is 132 Å². The summed E-state index contributed by atoms with van der Waals surface area (Å²) in [6.07, 6.45) is -5.60. The number of carboxylic acid groups (broad SMARTS) is 4. The van der Waals surface area contributed by atoms with Gasteiger partial charge in [-0.2, -0.15) is 0 Å². The predicted octanol–water partition coefficient (Wildman–Crippen LogP) is -17.1. The van der Waals surface area contributed by atoms with E-state index >= 15 is 0 Å². The maximum Gasteiger partial charge on any atom is 1.00 e. The van der Waals surface area contributed by atoms with E-state index in [0.717, 1.165) is 6.92 Å². The van der Waals surface area contributed by atoms with Crippen molar-refractivity contribution in [3.05, 3.63) is 0 Å². The van der Waals surface area contributed by atoms with Crippen LogP contribution in [0, 0.1) is 11.8 Å². The zero-order valence-electron chi connectivity index (χ0n) is 20.4. The number of hydrogen-bond acceptors (Lipinski definition) is 13. The van der Waals surface area contributed by atoms with Gasteiger partial charge in [0.2, 0.25) is 5.02 Å². The van der Waals surface area contributed by atoms with Crippen molar-refractivity contribution in [2.24, 2.45) is 11.8 Å². The Morgan fingerprint density at radius 3 is 1.19 bits per heavy atom. The number of aliphatic carboxylic acids is 4. The second kappa shape index (κ2) is 32.9. The Balaban J connectivity index is -0.0000000547. The van der Waals surface area contributed by atoms with Gasteiger partial charge in [-0.1, -0.05) is 30.6 Å². The molecule has 188 valence electrons. The summed E-state index contributed by atoms with van der Waals surface area (Å²) in [5.74, 6) is -12.0. The standard InChI is InChI=1S/C8H12O5.C6H8O7.C2H4Cl2O.CH4.4Na/c1-4(9)3-6(8(12)13)7(11)5(2)10;7-3(8)1-2(5(10)11)4(9)6(12)13;1-5-2(3)4;;;;;/h6-7,11H,3H2,1-2H3,(H,12,13);2,4,9H,1H2,(H,7,8)(H,10,11)(H,12,13);2H,1H3;1H4;;;;/q;;;;4*+1/p-4. The quantitative estimate of drug-likeness (QED) is 0.166. The number of ether oxygens (including phenoxy) is 1. The molecule has 4 unspecified atom stereocenters. The van der Waals surface area contributed by atoms with Crippen LogP contribution in [0.4, 0.5) is 0 Å². The van der Waals surface area contributed by atoms with Gasteiger partial charge in [0.05, 0.1) is 5.97 Å². The number of methoxy groups -OCH3 is 1. The molecule has 0 amide bonds. The van der Waals surface area contributed by atoms with Crippen LogP contribution >= 0.6 is 23.2 Å². The molecule has 0 bridgehead atoms. The molecule has 0 aromatic heterocycles. The van der Waals surface area contributed by atoms with Crippen molar-refractivity contribution in [3.8, 4) is 0 Å². The number of carbonyl (C=O) groups excluding carboxylic acids is 6. The average molecular weight is 599 g/mol. The molecule has 0 heterocycles. The molecule has 0 fully saturated rings. The fourth-order valence-electron chi connectivity index (χ4n) is 1.58. The van der Waals surface area contributed by atoms with Gasteiger partial charge < -0.3 is 59.3 Å². The fourth-order valence-corrected chi connectivity index (χ4v) is 1.58. The zero-order valence-corrected chi connectivity index (χ0v) is 30.0. The molecule has 0 aromatic carbocycles. The molecule has 2 N–H and O–H groups in total. The number of carbonyl (C=O) groups is 6. The molecule has 19 heteroatoms. The minimum atomic E-state index is -2.41. The number of rotatable bonds is 11. The first-order valence-electron chi connectivity index (χ1n) is 7.98. The number of ketones is 2. The molecule has 0 aromatic rings. The summed E-state index contributed by atoms with van der Waals surface area (Å²) < 4.78 is 4.28. The van der Waals surface area contributed by atoms with Crippen molar-refractivity contribution in [1.29, 1.82) is 0 Å². The molecule has 0 aliphatic carbocycles. The van der Waals surface area contributed by atoms with Crippen LogP contribution in [-0.4, -0.2) is 70.0 Å². The fraction of sp³-hybridized carbons (Fsp3) is 0.647. The third-order valence-corrected chi connectivity index (χ3v) is 3.45. The van der Waals surface area contributed by atoms with Gasteiger partial charge in [-0.3, -0.25) is 4.79 Å². The molecule has 0 rings (SSSR count). The molecule has 36 heavy (non-hydrogen) atoms. The topological polar surface area (TPSA) is 244 Å². The van der Waals surface area contributed by atoms with Gasteiger partial charge in [0.25, 0.3) is 0 Å². The zero-order chi connectivity index (χ0) is 25.5. The Bertz CT molecular complexity index is 604. The molecule has 0 radical (unpaired) electrons. The maximum atomic E-state index is 10.6. The summed E-state index contributed by atoms with van der Waals surface area (Å²) in [4.78, 5) is 61.6. The van der Waals surface area contributed by atoms with Crippen LogP contribution in [0.3, 0.4) is 0 Å². The van der Waals surface area contributed by atoms with Gasteiger partial charge in [0, 0.05) is 43.3 Å². The molecule has 0 aliphatic rings. The Kier molecular flexibility index (Phi) is 52.6. The first-order chi connectivity index (χ1) is 14.0. The van der Waals surface area contributed by atoms with E-state index < -0.39 is 70.9 Å². The molecule has 0 aliphatic heterocycles. The number of aliphatic hydroxyl groups excluding tert-OH is 2. The molecule has 0 saturated carbocycles. The molecular formula is C17H24Cl2Na4O13. The SMILES string of the molecule is C.CC(=O)CC(C(=O)[O-])C(O)C(C)=O.COC(Cl)Cl.O=C([O-])CC(C(=O)[O-])C(O)C(=O)[O-].[Na+].[Na+].[Na+].[Na+]. The monoisotopic (exact) mass is 598 g/mol. The Morgan fingerprint density at radius 1 is 0.722 bits per heavy atom. The van der Waals surface area contributed by atoms with Gasteiger partial charge in [-0.15, -0.1) is 0 Å². The Labute approximate surface area is 307 Å². The first-order valence-corrected chi connectivity index (χ1v) is 8.86. The van der Waals surface area contributed by atoms with Crippen molar-refractivity contribution in [1.82, 2.24) is 0 Å². The molecule has 4 atom stereocenters. The molecular weight excluding hydrogens is 575 g/mol. The summed E-state index contributed by atoms with van der Waals surface area (Å²) in [5, 5.41) is 57.5. The van der Waals surface area contributed by atoms with Crippen molar-refractivity contribution in [2.45, 2.75) is 51.3 Å². The molecule has 0 saturated heterocycles. The van der Waals surface area contributed by atoms with E-state index in [1.165, 1.54) is 14.0 Å². The second-order valence-corrected chi connectivity index (χ2v) is 6.67. The summed E-state index contributed by atoms with van der Waals surface area (Å²) in [7, 11) is 1.44. The Morgan fingerprint density at radius 2 is 1.03 bits per heavy atom. The number of Topliss-reactive ketones (excluding diaryl/α,β-unsaturated/α-hetero) is 2. The average Bonchev–Trinajstić information content (AvgIpc) is 2.63. The smallest absolute Gasteiger partial charge is 0.550 e. The number of aliphatic hydroxyl groups is 2. The predicted molar refractivity (Wildman–Crippen MR) is 98.9 cm³/mol. The van der Waals surface area contributed by atoms with Crippen molar-refractivity contribution >= 4 is 58.6 Å². The largest absolute Gasteiger partial charge is 1.00 e. The van der Waals surface area contributed by atoms with Crippen LogP contribution in [0.5, 0.6) is 0 Å². The normalized spacial score (nSPS) is 11.9. The van der Waals surface area contributed by atoms with Crippen molar-refractivity contribution in [2.75, 3.05) is 7.11 Å². The maximum absolute atomic E-state index is 10.6. The van der Waals surface area contributed by atoms with Gasteiger partial charge in [0.15, 0.2) is 5.78 Å². The first kappa shape index (κ1) is 57.5. The number of halogens is 2. The minimum Gasteiger partial charge on any atom is -0.550 e. The second-order valence-electron chi connectivity index (χ2n) is 5.65. The van der Waals surface area contributed by atoms with Crippen molar-refractivity contribution in [3.63, 3.8) is 0 Å². The minimum absolute atomic E-state index is 0. The van der Waals surface area contributed by atoms with E-state index in [1.807, 2.05) is 0 Å². The summed E-state index contributed by atoms with van der Waals surface area (Å²) >= 11 is 10.0. The third-order valence-electron chi connectivity index (χ3n) is 3.10. The van der Waals surface area contributed by atoms with Crippen LogP contribution in [0.15, 0.2) is 0 Å². The number of carboxylic acids is 4. The van der Waals surface area contributed by atoms with E-state index in [2.05, 4.69) is 4.74 Å². The van der Waals surface area contributed by atoms with Crippen LogP contribution in [0.1, 0.15) is 34.1 Å². The summed E-state index contributed by atoms with van der Waals surface area (Å²) in [6.45, 7) is 2.24. The van der Waals surface area contributed by atoms with Crippen LogP contribution in [-0.2, 0) is 33.5 Å². The third kappa shape index (κ3) is 33.7. The molecule has 0 spiro atoms. The summed E-state index contributed by atoms with van der Waals surface area (Å²) in [6, 6.07) is 0. The van der Waals surface area contributed by atoms with Gasteiger partial charge in [-0.25, -0.2) is 0 Å². The van der Waals surface area contributed by atoms with Gasteiger partial charge >= 0.3 is 118 Å². The Hall–Kier alpha value is 1.68. The number of hydrogen-bond donors (Lipinski definition) is 2. The van der Waals surface area contributed by atoms with Crippen LogP contribution in [0.25, 0.3) is 0 Å². The van der Waals surface area contributed by atoms with Gasteiger partial charge in [0.1, 0.15) is 18.0 Å². The van der Waals surface area contributed by atoms with E-state index in [9.17, 15) is 49.2 Å². The van der Waals surface area contributed by atoms with Crippen LogP contribution in [0.2, 0.25) is 0 Å². The number of alkyl halides is 2. The van der Waals surface area contributed by atoms with Crippen LogP contribution < -0.4 is 139 Å².